The van der Waals surface area contributed by atoms with Gasteiger partial charge in [0.1, 0.15) is 16.7 Å². The van der Waals surface area contributed by atoms with Crippen LogP contribution >= 0.6 is 11.8 Å². The number of nitrogens with one attached hydrogen (secondary N) is 1. The zero-order chi connectivity index (χ0) is 22.4. The smallest absolute Gasteiger partial charge is 0.238 e. The van der Waals surface area contributed by atoms with E-state index in [9.17, 15) is 14.7 Å². The number of rotatable bonds is 10. The van der Waals surface area contributed by atoms with Crippen LogP contribution in [0.4, 0.5) is 5.69 Å². The molecule has 2 amide bonds. The third kappa shape index (κ3) is 6.12. The Morgan fingerprint density at radius 1 is 1.29 bits per heavy atom. The van der Waals surface area contributed by atoms with Crippen LogP contribution in [0.25, 0.3) is 0 Å². The predicted octanol–water partition coefficient (Wildman–Crippen LogP) is 0.448. The van der Waals surface area contributed by atoms with Gasteiger partial charge < -0.3 is 31.7 Å². The fraction of sp³-hybridized carbons (Fsp3) is 0.636. The minimum atomic E-state index is -0.868. The summed E-state index contributed by atoms with van der Waals surface area (Å²) in [5, 5.41) is 11.9. The van der Waals surface area contributed by atoms with E-state index in [1.807, 2.05) is 19.1 Å². The molecule has 9 heteroatoms. The van der Waals surface area contributed by atoms with E-state index >= 15 is 0 Å². The number of thioether (sulfide) groups is 1. The number of anilines is 1. The molecule has 8 nitrogen and oxygen atoms in total. The molecule has 0 aliphatic carbocycles. The van der Waals surface area contributed by atoms with Gasteiger partial charge in [-0.05, 0) is 62.9 Å². The highest BCUT2D eigenvalue weighted by molar-refractivity contribution is 8.01. The van der Waals surface area contributed by atoms with E-state index in [2.05, 4.69) is 22.3 Å². The molecule has 1 aromatic rings. The molecule has 31 heavy (non-hydrogen) atoms. The lowest BCUT2D eigenvalue weighted by molar-refractivity contribution is -0.130. The highest BCUT2D eigenvalue weighted by Crippen LogP contribution is 2.33. The van der Waals surface area contributed by atoms with Crippen molar-refractivity contribution in [1.82, 2.24) is 9.80 Å². The minimum absolute atomic E-state index is 0.0108. The number of hydrogen-bond donors (Lipinski definition) is 4. The van der Waals surface area contributed by atoms with Crippen molar-refractivity contribution in [3.63, 3.8) is 0 Å². The van der Waals surface area contributed by atoms with Crippen molar-refractivity contribution in [1.29, 1.82) is 0 Å². The summed E-state index contributed by atoms with van der Waals surface area (Å²) in [4.78, 5) is 28.2. The molecule has 6 N–H and O–H groups in total. The molecular weight excluding hydrogens is 414 g/mol. The van der Waals surface area contributed by atoms with Crippen LogP contribution < -0.4 is 16.8 Å². The van der Waals surface area contributed by atoms with Crippen LogP contribution in [0, 0.1) is 5.92 Å². The van der Waals surface area contributed by atoms with E-state index in [-0.39, 0.29) is 11.2 Å². The first-order chi connectivity index (χ1) is 14.9. The number of hydrogen-bond acceptors (Lipinski definition) is 7. The third-order valence-corrected chi connectivity index (χ3v) is 7.80. The van der Waals surface area contributed by atoms with Crippen LogP contribution in [0.2, 0.25) is 0 Å². The maximum atomic E-state index is 12.7. The second-order valence-electron chi connectivity index (χ2n) is 8.36. The van der Waals surface area contributed by atoms with Gasteiger partial charge in [0.15, 0.2) is 0 Å². The molecule has 1 aromatic carbocycles. The largest absolute Gasteiger partial charge is 0.396 e. The molecule has 0 bridgehead atoms. The summed E-state index contributed by atoms with van der Waals surface area (Å²) >= 11 is 1.40. The predicted molar refractivity (Wildman–Crippen MR) is 125 cm³/mol. The number of likely N-dealkylation sites (tertiary alicyclic amines) is 1. The van der Waals surface area contributed by atoms with Gasteiger partial charge in [0.2, 0.25) is 11.8 Å². The second-order valence-corrected chi connectivity index (χ2v) is 9.69. The van der Waals surface area contributed by atoms with E-state index in [1.54, 1.807) is 4.90 Å². The number of benzene rings is 1. The molecule has 0 aromatic heterocycles. The van der Waals surface area contributed by atoms with E-state index < -0.39 is 17.3 Å². The number of primary amides is 1. The first-order valence-electron chi connectivity index (χ1n) is 11.1. The number of nitrogens with zero attached hydrogens (tertiary/aromatic N) is 2. The van der Waals surface area contributed by atoms with E-state index in [0.29, 0.717) is 25.6 Å². The van der Waals surface area contributed by atoms with Gasteiger partial charge in [0.25, 0.3) is 0 Å². The van der Waals surface area contributed by atoms with Crippen LogP contribution in [0.3, 0.4) is 0 Å². The Morgan fingerprint density at radius 3 is 2.55 bits per heavy atom. The highest BCUT2D eigenvalue weighted by Gasteiger charge is 2.43. The summed E-state index contributed by atoms with van der Waals surface area (Å²) in [5.41, 5.74) is 13.5. The number of nitrogens with two attached hydrogens (primary N) is 2. The van der Waals surface area contributed by atoms with Crippen molar-refractivity contribution in [3.8, 4) is 0 Å². The molecule has 1 unspecified atom stereocenters. The summed E-state index contributed by atoms with van der Waals surface area (Å²) in [6.45, 7) is 6.32. The lowest BCUT2D eigenvalue weighted by atomic mass is 9.97. The monoisotopic (exact) mass is 449 g/mol. The maximum Gasteiger partial charge on any atom is 0.238 e. The number of aliphatic hydroxyl groups is 1. The molecular formula is C22H35N5O3S. The Balaban J connectivity index is 1.46. The van der Waals surface area contributed by atoms with Gasteiger partial charge in [0.05, 0.1) is 0 Å². The van der Waals surface area contributed by atoms with Crippen molar-refractivity contribution in [3.05, 3.63) is 29.8 Å². The first kappa shape index (κ1) is 23.8. The van der Waals surface area contributed by atoms with Crippen molar-refractivity contribution in [2.75, 3.05) is 44.6 Å². The second kappa shape index (κ2) is 11.2. The lowest BCUT2D eigenvalue weighted by Crippen LogP contribution is -2.51. The third-order valence-electron chi connectivity index (χ3n) is 6.27. The summed E-state index contributed by atoms with van der Waals surface area (Å²) in [5.74, 6) is -0.133. The van der Waals surface area contributed by atoms with Crippen LogP contribution in [0.5, 0.6) is 0 Å². The fourth-order valence-corrected chi connectivity index (χ4v) is 5.65. The van der Waals surface area contributed by atoms with Crippen molar-refractivity contribution in [2.24, 2.45) is 17.4 Å². The fourth-order valence-electron chi connectivity index (χ4n) is 4.18. The number of piperidine rings is 1. The molecule has 0 spiro atoms. The Labute approximate surface area is 188 Å². The molecule has 172 valence electrons. The van der Waals surface area contributed by atoms with E-state index in [4.69, 9.17) is 11.5 Å². The number of aliphatic hydroxyl groups excluding tert-OH is 1. The SMILES string of the molecule is CCN1C(=O)[C@@H](CNc2ccc(CCN3CCC(CO)CC3)cc2)SC1[C@H](N)C(N)=O. The number of amides is 2. The average Bonchev–Trinajstić information content (AvgIpc) is 3.11. The van der Waals surface area contributed by atoms with Crippen molar-refractivity contribution < 1.29 is 14.7 Å². The normalized spacial score (nSPS) is 23.8. The van der Waals surface area contributed by atoms with Gasteiger partial charge in [-0.3, -0.25) is 9.59 Å². The number of likely N-dealkylation sites (N-methyl/N-ethyl adjacent to an activating group) is 1. The highest BCUT2D eigenvalue weighted by atomic mass is 32.2. The first-order valence-corrected chi connectivity index (χ1v) is 12.0. The number of carbonyl (C=O) groups excluding carboxylic acids is 2. The summed E-state index contributed by atoms with van der Waals surface area (Å²) in [6, 6.07) is 7.46. The van der Waals surface area contributed by atoms with Crippen LogP contribution in [0.15, 0.2) is 24.3 Å². The summed E-state index contributed by atoms with van der Waals surface area (Å²) < 4.78 is 0. The molecule has 2 fully saturated rings. The van der Waals surface area contributed by atoms with Crippen LogP contribution in [-0.2, 0) is 16.0 Å². The molecule has 2 aliphatic rings. The molecule has 3 atom stereocenters. The molecule has 2 saturated heterocycles. The Hall–Kier alpha value is -1.81. The Kier molecular flexibility index (Phi) is 8.59. The molecule has 0 radical (unpaired) electrons. The zero-order valence-corrected chi connectivity index (χ0v) is 19.0. The van der Waals surface area contributed by atoms with Crippen LogP contribution in [0.1, 0.15) is 25.3 Å². The van der Waals surface area contributed by atoms with Crippen LogP contribution in [-0.4, -0.2) is 82.7 Å². The van der Waals surface area contributed by atoms with E-state index in [0.717, 1.165) is 44.6 Å². The van der Waals surface area contributed by atoms with E-state index in [1.165, 1.54) is 17.3 Å². The van der Waals surface area contributed by atoms with Gasteiger partial charge in [-0.2, -0.15) is 0 Å². The minimum Gasteiger partial charge on any atom is -0.396 e. The molecule has 2 aliphatic heterocycles. The van der Waals surface area contributed by atoms with Gasteiger partial charge in [-0.25, -0.2) is 0 Å². The Morgan fingerprint density at radius 2 is 1.97 bits per heavy atom. The molecule has 2 heterocycles. The average molecular weight is 450 g/mol. The van der Waals surface area contributed by atoms with Gasteiger partial charge in [0, 0.05) is 31.9 Å². The lowest BCUT2D eigenvalue weighted by Gasteiger charge is -2.31. The van der Waals surface area contributed by atoms with Crippen molar-refractivity contribution in [2.45, 2.75) is 42.9 Å². The quantitative estimate of drug-likeness (QED) is 0.409. The topological polar surface area (TPSA) is 125 Å². The molecule has 0 saturated carbocycles. The van der Waals surface area contributed by atoms with Crippen molar-refractivity contribution >= 4 is 29.3 Å². The van der Waals surface area contributed by atoms with Gasteiger partial charge in [-0.1, -0.05) is 12.1 Å². The van der Waals surface area contributed by atoms with Gasteiger partial charge >= 0.3 is 0 Å². The Bertz CT molecular complexity index is 739. The zero-order valence-electron chi connectivity index (χ0n) is 18.2. The van der Waals surface area contributed by atoms with Gasteiger partial charge in [-0.15, -0.1) is 11.8 Å². The standard InChI is InChI=1S/C22H35N5O3S/c1-2-27-21(30)18(31-22(27)19(23)20(24)29)13-25-17-5-3-15(4-6-17)7-10-26-11-8-16(14-28)9-12-26/h3-6,16,18-19,22,25,28H,2,7-14,23H2,1H3,(H2,24,29)/t18-,19-,22?/m1/s1. The summed E-state index contributed by atoms with van der Waals surface area (Å²) in [7, 11) is 0. The number of carbonyl (C=O) groups is 2. The summed E-state index contributed by atoms with van der Waals surface area (Å²) in [6.07, 6.45) is 3.16. The molecule has 3 rings (SSSR count). The maximum absolute atomic E-state index is 12.7.